The van der Waals surface area contributed by atoms with E-state index < -0.39 is 9.73 Å². The van der Waals surface area contributed by atoms with Crippen molar-refractivity contribution >= 4 is 9.73 Å². The Morgan fingerprint density at radius 2 is 1.82 bits per heavy atom. The molecule has 0 saturated heterocycles. The molecule has 1 atom stereocenters. The van der Waals surface area contributed by atoms with Gasteiger partial charge in [-0.3, -0.25) is 0 Å². The highest BCUT2D eigenvalue weighted by molar-refractivity contribution is 7.93. The first kappa shape index (κ1) is 12.5. The molecule has 1 aromatic heterocycles. The largest absolute Gasteiger partial charge is 0.245 e. The zero-order valence-electron chi connectivity index (χ0n) is 10.6. The molecule has 0 fully saturated rings. The van der Waals surface area contributed by atoms with Gasteiger partial charge in [-0.15, -0.1) is 0 Å². The first-order chi connectivity index (χ1) is 7.92. The number of hydrogen-bond donors (Lipinski definition) is 0. The van der Waals surface area contributed by atoms with Crippen molar-refractivity contribution in [1.82, 2.24) is 9.97 Å². The SMILES string of the molecule is CC(C)(C)c1ncc(S2(=O)=NCCCC2)cn1. The van der Waals surface area contributed by atoms with Crippen LogP contribution >= 0.6 is 0 Å². The summed E-state index contributed by atoms with van der Waals surface area (Å²) < 4.78 is 16.8. The van der Waals surface area contributed by atoms with Gasteiger partial charge in [0.1, 0.15) is 5.82 Å². The second-order valence-corrected chi connectivity index (χ2v) is 7.82. The highest BCUT2D eigenvalue weighted by Gasteiger charge is 2.20. The molecule has 5 heteroatoms. The Morgan fingerprint density at radius 1 is 1.18 bits per heavy atom. The lowest BCUT2D eigenvalue weighted by atomic mass is 9.96. The van der Waals surface area contributed by atoms with Crippen molar-refractivity contribution in [2.45, 2.75) is 43.9 Å². The summed E-state index contributed by atoms with van der Waals surface area (Å²) in [5, 5.41) is 0. The molecule has 1 aromatic rings. The molecule has 0 radical (unpaired) electrons. The minimum atomic E-state index is -2.23. The molecular formula is C12H19N3OS. The van der Waals surface area contributed by atoms with Crippen molar-refractivity contribution in [2.24, 2.45) is 4.36 Å². The van der Waals surface area contributed by atoms with Crippen molar-refractivity contribution in [2.75, 3.05) is 12.3 Å². The minimum absolute atomic E-state index is 0.0758. The van der Waals surface area contributed by atoms with Crippen LogP contribution in [0.4, 0.5) is 0 Å². The van der Waals surface area contributed by atoms with E-state index in [0.717, 1.165) is 18.7 Å². The molecule has 1 aliphatic rings. The first-order valence-corrected chi connectivity index (χ1v) is 7.63. The standard InChI is InChI=1S/C12H19N3OS/c1-12(2,3)11-13-8-10(9-14-11)17(16)7-5-4-6-15-17/h8-9H,4-7H2,1-3H3. The zero-order chi connectivity index (χ0) is 12.5. The highest BCUT2D eigenvalue weighted by atomic mass is 32.2. The molecule has 0 N–H and O–H groups in total. The summed E-state index contributed by atoms with van der Waals surface area (Å²) >= 11 is 0. The fourth-order valence-electron chi connectivity index (χ4n) is 1.75. The average molecular weight is 253 g/mol. The van der Waals surface area contributed by atoms with Gasteiger partial charge in [-0.25, -0.2) is 18.5 Å². The van der Waals surface area contributed by atoms with Gasteiger partial charge in [-0.05, 0) is 12.8 Å². The van der Waals surface area contributed by atoms with Gasteiger partial charge in [-0.2, -0.15) is 0 Å². The Labute approximate surface area is 103 Å². The van der Waals surface area contributed by atoms with Crippen LogP contribution in [-0.2, 0) is 15.1 Å². The maximum Gasteiger partial charge on any atom is 0.133 e. The summed E-state index contributed by atoms with van der Waals surface area (Å²) in [4.78, 5) is 9.33. The summed E-state index contributed by atoms with van der Waals surface area (Å²) in [7, 11) is -2.23. The van der Waals surface area contributed by atoms with Crippen LogP contribution in [0.3, 0.4) is 0 Å². The van der Waals surface area contributed by atoms with Gasteiger partial charge < -0.3 is 0 Å². The lowest BCUT2D eigenvalue weighted by molar-refractivity contribution is 0.542. The van der Waals surface area contributed by atoms with E-state index in [9.17, 15) is 4.21 Å². The molecule has 0 saturated carbocycles. The molecule has 0 amide bonds. The third-order valence-corrected chi connectivity index (χ3v) is 5.19. The number of aromatic nitrogens is 2. The number of hydrogen-bond acceptors (Lipinski definition) is 4. The lowest BCUT2D eigenvalue weighted by Gasteiger charge is -2.18. The average Bonchev–Trinajstić information content (AvgIpc) is 2.29. The summed E-state index contributed by atoms with van der Waals surface area (Å²) in [5.41, 5.74) is -0.0758. The molecule has 1 unspecified atom stereocenters. The van der Waals surface area contributed by atoms with Crippen molar-refractivity contribution in [1.29, 1.82) is 0 Å². The number of rotatable bonds is 1. The van der Waals surface area contributed by atoms with E-state index in [2.05, 4.69) is 35.1 Å². The van der Waals surface area contributed by atoms with E-state index in [4.69, 9.17) is 0 Å². The van der Waals surface area contributed by atoms with Gasteiger partial charge in [0.25, 0.3) is 0 Å². The molecule has 0 aromatic carbocycles. The predicted octanol–water partition coefficient (Wildman–Crippen LogP) is 2.39. The number of nitrogens with zero attached hydrogens (tertiary/aromatic N) is 3. The fourth-order valence-corrected chi connectivity index (χ4v) is 3.71. The Morgan fingerprint density at radius 3 is 2.29 bits per heavy atom. The maximum atomic E-state index is 12.5. The minimum Gasteiger partial charge on any atom is -0.245 e. The second-order valence-electron chi connectivity index (χ2n) is 5.40. The van der Waals surface area contributed by atoms with Gasteiger partial charge in [0.05, 0.1) is 14.6 Å². The van der Waals surface area contributed by atoms with Gasteiger partial charge in [0.15, 0.2) is 0 Å². The molecule has 4 nitrogen and oxygen atoms in total. The zero-order valence-corrected chi connectivity index (χ0v) is 11.5. The molecule has 17 heavy (non-hydrogen) atoms. The Bertz CT molecular complexity index is 508. The van der Waals surface area contributed by atoms with Gasteiger partial charge >= 0.3 is 0 Å². The summed E-state index contributed by atoms with van der Waals surface area (Å²) in [6.45, 7) is 6.88. The predicted molar refractivity (Wildman–Crippen MR) is 68.5 cm³/mol. The van der Waals surface area contributed by atoms with E-state index in [-0.39, 0.29) is 5.41 Å². The Kier molecular flexibility index (Phi) is 3.21. The molecule has 2 rings (SSSR count). The van der Waals surface area contributed by atoms with Crippen molar-refractivity contribution in [3.63, 3.8) is 0 Å². The third-order valence-electron chi connectivity index (χ3n) is 2.80. The van der Waals surface area contributed by atoms with Crippen LogP contribution in [0.2, 0.25) is 0 Å². The second kappa shape index (κ2) is 4.37. The topological polar surface area (TPSA) is 55.2 Å². The van der Waals surface area contributed by atoms with E-state index in [1.54, 1.807) is 12.4 Å². The van der Waals surface area contributed by atoms with Crippen LogP contribution < -0.4 is 0 Å². The van der Waals surface area contributed by atoms with Crippen molar-refractivity contribution in [3.8, 4) is 0 Å². The van der Waals surface area contributed by atoms with Crippen molar-refractivity contribution < 1.29 is 4.21 Å². The van der Waals surface area contributed by atoms with E-state index in [1.165, 1.54) is 0 Å². The smallest absolute Gasteiger partial charge is 0.133 e. The Balaban J connectivity index is 2.36. The van der Waals surface area contributed by atoms with Crippen LogP contribution in [0.5, 0.6) is 0 Å². The molecule has 0 bridgehead atoms. The van der Waals surface area contributed by atoms with Crippen LogP contribution in [0, 0.1) is 0 Å². The van der Waals surface area contributed by atoms with E-state index in [0.29, 0.717) is 17.2 Å². The first-order valence-electron chi connectivity index (χ1n) is 5.95. The molecule has 1 aliphatic heterocycles. The van der Waals surface area contributed by atoms with Crippen LogP contribution in [0.25, 0.3) is 0 Å². The van der Waals surface area contributed by atoms with E-state index >= 15 is 0 Å². The molecular weight excluding hydrogens is 234 g/mol. The summed E-state index contributed by atoms with van der Waals surface area (Å²) in [5.74, 6) is 1.42. The summed E-state index contributed by atoms with van der Waals surface area (Å²) in [6.07, 6.45) is 5.39. The van der Waals surface area contributed by atoms with Gasteiger partial charge in [-0.1, -0.05) is 20.8 Å². The van der Waals surface area contributed by atoms with Crippen LogP contribution in [0.15, 0.2) is 21.7 Å². The quantitative estimate of drug-likeness (QED) is 0.772. The maximum absolute atomic E-state index is 12.5. The molecule has 0 aliphatic carbocycles. The van der Waals surface area contributed by atoms with Crippen LogP contribution in [-0.4, -0.2) is 26.5 Å². The molecule has 2 heterocycles. The van der Waals surface area contributed by atoms with Crippen LogP contribution in [0.1, 0.15) is 39.4 Å². The third kappa shape index (κ3) is 2.65. The molecule has 94 valence electrons. The normalized spacial score (nSPS) is 25.4. The Hall–Kier alpha value is -0.970. The molecule has 0 spiro atoms. The highest BCUT2D eigenvalue weighted by Crippen LogP contribution is 2.21. The van der Waals surface area contributed by atoms with Crippen molar-refractivity contribution in [3.05, 3.63) is 18.2 Å². The summed E-state index contributed by atoms with van der Waals surface area (Å²) in [6, 6.07) is 0. The van der Waals surface area contributed by atoms with E-state index in [1.807, 2.05) is 0 Å². The monoisotopic (exact) mass is 253 g/mol. The fraction of sp³-hybridized carbons (Fsp3) is 0.667. The lowest BCUT2D eigenvalue weighted by Crippen LogP contribution is -2.18. The van der Waals surface area contributed by atoms with Gasteiger partial charge in [0.2, 0.25) is 0 Å². The van der Waals surface area contributed by atoms with Gasteiger partial charge in [0, 0.05) is 30.1 Å².